The number of benzene rings is 1. The number of ketones is 1. The Bertz CT molecular complexity index is 1860. The lowest BCUT2D eigenvalue weighted by Gasteiger charge is -2.40. The van der Waals surface area contributed by atoms with E-state index in [4.69, 9.17) is 5.73 Å². The summed E-state index contributed by atoms with van der Waals surface area (Å²) in [4.78, 5) is 110. The lowest BCUT2D eigenvalue weighted by Crippen LogP contribution is -2.61. The number of hydrogen-bond donors (Lipinski definition) is 5. The Kier molecular flexibility index (Phi) is 17.5. The summed E-state index contributed by atoms with van der Waals surface area (Å²) >= 11 is 0. The van der Waals surface area contributed by atoms with Crippen LogP contribution >= 0.6 is 0 Å². The summed E-state index contributed by atoms with van der Waals surface area (Å²) in [7, 11) is 1.23. The van der Waals surface area contributed by atoms with Gasteiger partial charge >= 0.3 is 11.9 Å². The van der Waals surface area contributed by atoms with Crippen LogP contribution in [-0.4, -0.2) is 94.6 Å². The largest absolute Gasteiger partial charge is 0.478 e. The Morgan fingerprint density at radius 1 is 0.810 bits per heavy atom. The Morgan fingerprint density at radius 3 is 2.02 bits per heavy atom. The van der Waals surface area contributed by atoms with Gasteiger partial charge in [0.15, 0.2) is 5.78 Å². The molecule has 2 unspecified atom stereocenters. The average molecular weight is 876 g/mol. The van der Waals surface area contributed by atoms with Crippen molar-refractivity contribution in [2.45, 2.75) is 167 Å². The molecule has 3 saturated carbocycles. The number of ether oxygens (including phenoxy) is 1. The number of carbonyl (C=O) groups is 8. The highest BCUT2D eigenvalue weighted by Crippen LogP contribution is 2.43. The van der Waals surface area contributed by atoms with E-state index >= 15 is 4.79 Å². The number of nitrogens with one attached hydrogen (secondary N) is 3. The molecule has 1 aromatic carbocycles. The van der Waals surface area contributed by atoms with Crippen molar-refractivity contribution in [1.29, 1.82) is 0 Å². The fourth-order valence-corrected chi connectivity index (χ4v) is 10.5. The molecule has 0 aromatic heterocycles. The topological polar surface area (TPSA) is 231 Å². The van der Waals surface area contributed by atoms with Gasteiger partial charge in [0.05, 0.1) is 24.3 Å². The zero-order valence-corrected chi connectivity index (χ0v) is 37.5. The van der Waals surface area contributed by atoms with Crippen molar-refractivity contribution in [3.8, 4) is 0 Å². The smallest absolute Gasteiger partial charge is 0.336 e. The first-order valence-corrected chi connectivity index (χ1v) is 23.1. The van der Waals surface area contributed by atoms with Crippen molar-refractivity contribution in [3.05, 3.63) is 47.5 Å². The number of aromatic carboxylic acids is 1. The first-order valence-electron chi connectivity index (χ1n) is 23.1. The Balaban J connectivity index is 1.41. The molecule has 4 fully saturated rings. The summed E-state index contributed by atoms with van der Waals surface area (Å²) in [5.41, 5.74) is 4.60. The van der Waals surface area contributed by atoms with E-state index in [-0.39, 0.29) is 65.9 Å². The van der Waals surface area contributed by atoms with E-state index in [0.717, 1.165) is 83.5 Å². The Hall–Kier alpha value is -5.08. The van der Waals surface area contributed by atoms with Crippen molar-refractivity contribution in [2.24, 2.45) is 34.8 Å². The second kappa shape index (κ2) is 22.5. The molecule has 1 aromatic rings. The molecule has 4 aliphatic rings. The number of fused-ring (bicyclic) bond motifs is 1. The predicted molar refractivity (Wildman–Crippen MR) is 235 cm³/mol. The highest BCUT2D eigenvalue weighted by atomic mass is 16.5. The number of esters is 1. The summed E-state index contributed by atoms with van der Waals surface area (Å²) < 4.78 is 4.67. The van der Waals surface area contributed by atoms with Crippen LogP contribution in [0.15, 0.2) is 36.4 Å². The summed E-state index contributed by atoms with van der Waals surface area (Å²) in [6, 6.07) is 1.31. The van der Waals surface area contributed by atoms with Crippen molar-refractivity contribution in [1.82, 2.24) is 20.9 Å². The number of rotatable bonds is 18. The molecular formula is C48H69N5O10. The van der Waals surface area contributed by atoms with Crippen LogP contribution in [0.2, 0.25) is 0 Å². The maximum atomic E-state index is 15.2. The van der Waals surface area contributed by atoms with Crippen LogP contribution in [0.1, 0.15) is 157 Å². The molecule has 63 heavy (non-hydrogen) atoms. The van der Waals surface area contributed by atoms with Gasteiger partial charge in [-0.2, -0.15) is 0 Å². The minimum Gasteiger partial charge on any atom is -0.478 e. The Morgan fingerprint density at radius 2 is 1.41 bits per heavy atom. The molecule has 15 heteroatoms. The average Bonchev–Trinajstić information content (AvgIpc) is 3.67. The highest BCUT2D eigenvalue weighted by molar-refractivity contribution is 6.06. The van der Waals surface area contributed by atoms with Gasteiger partial charge in [-0.25, -0.2) is 9.59 Å². The molecule has 15 nitrogen and oxygen atoms in total. The summed E-state index contributed by atoms with van der Waals surface area (Å²) in [5.74, 6) is -5.73. The number of amides is 5. The summed E-state index contributed by atoms with van der Waals surface area (Å²) in [5, 5.41) is 18.3. The molecule has 1 saturated heterocycles. The van der Waals surface area contributed by atoms with Crippen molar-refractivity contribution >= 4 is 47.3 Å². The van der Waals surface area contributed by atoms with Gasteiger partial charge in [-0.1, -0.05) is 90.3 Å². The number of allylic oxidation sites excluding steroid dienone is 1. The zero-order chi connectivity index (χ0) is 45.8. The number of Topliss-reactive ketones (excluding diaryl/α,β-unsaturated/α-hetero) is 1. The third-order valence-corrected chi connectivity index (χ3v) is 13.9. The second-order valence-electron chi connectivity index (χ2n) is 19.3. The number of likely N-dealkylation sites (tertiary alicyclic amines) is 1. The van der Waals surface area contributed by atoms with Gasteiger partial charge in [-0.3, -0.25) is 28.8 Å². The van der Waals surface area contributed by atoms with Gasteiger partial charge in [0.25, 0.3) is 5.91 Å². The maximum Gasteiger partial charge on any atom is 0.336 e. The number of nitrogens with zero attached hydrogens (tertiary/aromatic N) is 1. The zero-order valence-electron chi connectivity index (χ0n) is 37.5. The van der Waals surface area contributed by atoms with Crippen LogP contribution in [-0.2, 0) is 33.5 Å². The van der Waals surface area contributed by atoms with Crippen molar-refractivity contribution < 1.29 is 48.2 Å². The number of hydrogen-bond acceptors (Lipinski definition) is 9. The molecule has 1 heterocycles. The van der Waals surface area contributed by atoms with Crippen molar-refractivity contribution in [3.63, 3.8) is 0 Å². The normalized spacial score (nSPS) is 22.8. The van der Waals surface area contributed by atoms with E-state index < -0.39 is 71.1 Å². The second-order valence-corrected chi connectivity index (χ2v) is 19.3. The lowest BCUT2D eigenvalue weighted by molar-refractivity contribution is -0.147. The third-order valence-electron chi connectivity index (χ3n) is 13.9. The summed E-state index contributed by atoms with van der Waals surface area (Å²) in [6.45, 7) is 5.42. The minimum atomic E-state index is -1.32. The molecule has 5 amide bonds. The fraction of sp³-hybridized carbons (Fsp3) is 0.667. The van der Waals surface area contributed by atoms with E-state index in [1.165, 1.54) is 43.5 Å². The molecule has 346 valence electrons. The van der Waals surface area contributed by atoms with E-state index in [0.29, 0.717) is 12.8 Å². The van der Waals surface area contributed by atoms with Crippen LogP contribution in [0.5, 0.6) is 0 Å². The monoisotopic (exact) mass is 876 g/mol. The number of carboxylic acids is 1. The van der Waals surface area contributed by atoms with E-state index in [2.05, 4.69) is 20.7 Å². The first-order chi connectivity index (χ1) is 30.0. The molecule has 7 atom stereocenters. The SMILES string of the molecule is COC(=O)/C=C/CC[C@H](NC(=O)c1ccccc1C(=O)O)C(=O)N[C@H](C(=O)N1C2CCCCC2C[C@H]1C(=O)C[C@H](C(=O)N[C@H](C(N)=O)C1CCCCC1)C1CCCCC1)C(C)(C)C. The molecule has 3 aliphatic carbocycles. The van der Waals surface area contributed by atoms with Gasteiger partial charge in [0, 0.05) is 24.5 Å². The summed E-state index contributed by atoms with van der Waals surface area (Å²) in [6.07, 6.45) is 15.6. The Labute approximate surface area is 371 Å². The molecule has 0 radical (unpaired) electrons. The van der Waals surface area contributed by atoms with Crippen molar-refractivity contribution in [2.75, 3.05) is 7.11 Å². The molecule has 1 aliphatic heterocycles. The quantitative estimate of drug-likeness (QED) is 0.0933. The van der Waals surface area contributed by atoms with E-state index in [1.54, 1.807) is 4.90 Å². The van der Waals surface area contributed by atoms with Crippen LogP contribution in [0.3, 0.4) is 0 Å². The number of nitrogens with two attached hydrogens (primary N) is 1. The fourth-order valence-electron chi connectivity index (χ4n) is 10.5. The van der Waals surface area contributed by atoms with Gasteiger partial charge < -0.3 is 36.4 Å². The number of methoxy groups -OCH3 is 1. The highest BCUT2D eigenvalue weighted by Gasteiger charge is 2.51. The van der Waals surface area contributed by atoms with Gasteiger partial charge in [0.1, 0.15) is 18.1 Å². The molecule has 6 N–H and O–H groups in total. The third kappa shape index (κ3) is 12.8. The van der Waals surface area contributed by atoms with Gasteiger partial charge in [-0.15, -0.1) is 0 Å². The van der Waals surface area contributed by atoms with Crippen LogP contribution in [0, 0.1) is 29.1 Å². The van der Waals surface area contributed by atoms with Crippen LogP contribution in [0.25, 0.3) is 0 Å². The minimum absolute atomic E-state index is 0.0111. The van der Waals surface area contributed by atoms with Gasteiger partial charge in [-0.05, 0) is 93.1 Å². The number of primary amides is 1. The standard InChI is InChI=1S/C48H69N5O10/c1-48(2,3)41(52-45(59)35(24-14-16-26-39(55)63-4)50-43(57)32-22-12-13-23-33(32)47(61)62)46(60)53-36-25-15-11-21-31(36)27-37(53)38(54)28-34(29-17-7-5-8-18-29)44(58)51-40(42(49)56)30-19-9-6-10-20-30/h12-13,16,22-23,26,29-31,34-37,40-41H,5-11,14-15,17-21,24-25,27-28H2,1-4H3,(H2,49,56)(H,50,57)(H,51,58)(H,52,59)(H,61,62)/b26-16+/t31?,34-,35-,36?,37-,40-,41+/m0/s1. The molecule has 5 rings (SSSR count). The van der Waals surface area contributed by atoms with Gasteiger partial charge in [0.2, 0.25) is 23.6 Å². The lowest BCUT2D eigenvalue weighted by atomic mass is 9.76. The maximum absolute atomic E-state index is 15.2. The molecular weight excluding hydrogens is 807 g/mol. The molecule has 0 spiro atoms. The van der Waals surface area contributed by atoms with Crippen LogP contribution in [0.4, 0.5) is 0 Å². The number of carboxylic acid groups (broad SMARTS) is 1. The molecule has 0 bridgehead atoms. The number of carbonyl (C=O) groups excluding carboxylic acids is 7. The van der Waals surface area contributed by atoms with E-state index in [1.807, 2.05) is 20.8 Å². The van der Waals surface area contributed by atoms with E-state index in [9.17, 15) is 38.7 Å². The van der Waals surface area contributed by atoms with Crippen LogP contribution < -0.4 is 21.7 Å². The first kappa shape index (κ1) is 48.9. The predicted octanol–water partition coefficient (Wildman–Crippen LogP) is 5.39.